The molecule has 0 bridgehead atoms. The summed E-state index contributed by atoms with van der Waals surface area (Å²) in [4.78, 5) is 2.34. The second kappa shape index (κ2) is 7.53. The van der Waals surface area contributed by atoms with E-state index in [1.807, 2.05) is 6.07 Å². The number of nitrogens with one attached hydrogen (secondary N) is 1. The second-order valence-corrected chi connectivity index (χ2v) is 5.77. The van der Waals surface area contributed by atoms with Gasteiger partial charge in [0.1, 0.15) is 5.75 Å². The molecule has 0 aliphatic heterocycles. The van der Waals surface area contributed by atoms with Gasteiger partial charge in [-0.05, 0) is 43.9 Å². The highest BCUT2D eigenvalue weighted by atomic mass is 16.5. The molecule has 3 nitrogen and oxygen atoms in total. The lowest BCUT2D eigenvalue weighted by Gasteiger charge is -2.25. The summed E-state index contributed by atoms with van der Waals surface area (Å²) in [5.41, 5.74) is 1.24. The Morgan fingerprint density at radius 3 is 2.95 bits per heavy atom. The van der Waals surface area contributed by atoms with Crippen molar-refractivity contribution in [3.8, 4) is 5.75 Å². The Labute approximate surface area is 123 Å². The van der Waals surface area contributed by atoms with Crippen LogP contribution in [0.5, 0.6) is 5.75 Å². The first kappa shape index (κ1) is 15.2. The van der Waals surface area contributed by atoms with Gasteiger partial charge in [-0.2, -0.15) is 0 Å². The van der Waals surface area contributed by atoms with E-state index in [0.717, 1.165) is 30.8 Å². The standard InChI is InChI=1S/C17H28N2O/c1-4-18-17-10-5-7-14(17)11-12-19(2)15-8-6-9-16(13-15)20-3/h6,8-9,13-14,17-18H,4-5,7,10-12H2,1-3H3. The maximum Gasteiger partial charge on any atom is 0.120 e. The van der Waals surface area contributed by atoms with Gasteiger partial charge in [-0.1, -0.05) is 19.4 Å². The van der Waals surface area contributed by atoms with Crippen molar-refractivity contribution < 1.29 is 4.74 Å². The van der Waals surface area contributed by atoms with E-state index < -0.39 is 0 Å². The molecule has 1 aliphatic carbocycles. The Balaban J connectivity index is 1.86. The normalized spacial score (nSPS) is 21.9. The summed E-state index contributed by atoms with van der Waals surface area (Å²) in [5.74, 6) is 1.77. The first-order valence-corrected chi connectivity index (χ1v) is 7.83. The van der Waals surface area contributed by atoms with Crippen LogP contribution in [0.1, 0.15) is 32.6 Å². The average molecular weight is 276 g/mol. The van der Waals surface area contributed by atoms with Gasteiger partial charge >= 0.3 is 0 Å². The van der Waals surface area contributed by atoms with E-state index in [-0.39, 0.29) is 0 Å². The Morgan fingerprint density at radius 1 is 1.35 bits per heavy atom. The van der Waals surface area contributed by atoms with E-state index in [1.165, 1.54) is 31.4 Å². The number of benzene rings is 1. The van der Waals surface area contributed by atoms with Crippen LogP contribution in [0.2, 0.25) is 0 Å². The van der Waals surface area contributed by atoms with Crippen LogP contribution in [-0.4, -0.2) is 33.3 Å². The fourth-order valence-corrected chi connectivity index (χ4v) is 3.25. The van der Waals surface area contributed by atoms with Crippen molar-refractivity contribution in [2.45, 2.75) is 38.6 Å². The highest BCUT2D eigenvalue weighted by Crippen LogP contribution is 2.29. The van der Waals surface area contributed by atoms with Gasteiger partial charge in [-0.25, -0.2) is 0 Å². The molecular formula is C17H28N2O. The number of hydrogen-bond donors (Lipinski definition) is 1. The lowest BCUT2D eigenvalue weighted by Crippen LogP contribution is -2.34. The summed E-state index contributed by atoms with van der Waals surface area (Å²) in [7, 11) is 3.89. The van der Waals surface area contributed by atoms with E-state index in [0.29, 0.717) is 0 Å². The zero-order valence-corrected chi connectivity index (χ0v) is 13.1. The SMILES string of the molecule is CCNC1CCCC1CCN(C)c1cccc(OC)c1. The molecule has 0 aromatic heterocycles. The van der Waals surface area contributed by atoms with E-state index in [4.69, 9.17) is 4.74 Å². The molecule has 0 radical (unpaired) electrons. The Morgan fingerprint density at radius 2 is 2.20 bits per heavy atom. The summed E-state index contributed by atoms with van der Waals surface area (Å²) < 4.78 is 5.30. The first-order valence-electron chi connectivity index (χ1n) is 7.83. The minimum absolute atomic E-state index is 0.735. The minimum atomic E-state index is 0.735. The largest absolute Gasteiger partial charge is 0.497 e. The van der Waals surface area contributed by atoms with Crippen LogP contribution in [0.25, 0.3) is 0 Å². The van der Waals surface area contributed by atoms with Crippen molar-refractivity contribution in [2.75, 3.05) is 32.1 Å². The van der Waals surface area contributed by atoms with Gasteiger partial charge in [0, 0.05) is 31.4 Å². The van der Waals surface area contributed by atoms with Gasteiger partial charge in [-0.3, -0.25) is 0 Å². The molecule has 1 saturated carbocycles. The quantitative estimate of drug-likeness (QED) is 0.827. The smallest absolute Gasteiger partial charge is 0.120 e. The molecule has 112 valence electrons. The molecule has 0 saturated heterocycles. The van der Waals surface area contributed by atoms with Crippen LogP contribution >= 0.6 is 0 Å². The van der Waals surface area contributed by atoms with Gasteiger partial charge in [-0.15, -0.1) is 0 Å². The third-order valence-corrected chi connectivity index (χ3v) is 4.45. The third-order valence-electron chi connectivity index (χ3n) is 4.45. The van der Waals surface area contributed by atoms with Gasteiger partial charge < -0.3 is 15.0 Å². The summed E-state index contributed by atoms with van der Waals surface area (Å²) in [6.45, 7) is 4.41. The maximum atomic E-state index is 5.30. The van der Waals surface area contributed by atoms with Crippen molar-refractivity contribution in [3.63, 3.8) is 0 Å². The zero-order valence-electron chi connectivity index (χ0n) is 13.1. The highest BCUT2D eigenvalue weighted by Gasteiger charge is 2.26. The molecule has 3 heteroatoms. The summed E-state index contributed by atoms with van der Waals surface area (Å²) in [6.07, 6.45) is 5.38. The molecule has 2 atom stereocenters. The van der Waals surface area contributed by atoms with Crippen LogP contribution in [-0.2, 0) is 0 Å². The topological polar surface area (TPSA) is 24.5 Å². The van der Waals surface area contributed by atoms with E-state index in [1.54, 1.807) is 7.11 Å². The molecule has 0 heterocycles. The highest BCUT2D eigenvalue weighted by molar-refractivity contribution is 5.50. The molecule has 2 rings (SSSR count). The third kappa shape index (κ3) is 3.89. The number of nitrogens with zero attached hydrogens (tertiary/aromatic N) is 1. The van der Waals surface area contributed by atoms with Crippen LogP contribution in [0.15, 0.2) is 24.3 Å². The number of methoxy groups -OCH3 is 1. The molecule has 2 unspecified atom stereocenters. The van der Waals surface area contributed by atoms with Crippen molar-refractivity contribution >= 4 is 5.69 Å². The first-order chi connectivity index (χ1) is 9.74. The Bertz CT molecular complexity index is 408. The molecule has 1 N–H and O–H groups in total. The number of anilines is 1. The monoisotopic (exact) mass is 276 g/mol. The predicted molar refractivity (Wildman–Crippen MR) is 85.7 cm³/mol. The summed E-state index contributed by atoms with van der Waals surface area (Å²) in [5, 5.41) is 3.64. The lowest BCUT2D eigenvalue weighted by molar-refractivity contribution is 0.388. The number of rotatable bonds is 7. The van der Waals surface area contributed by atoms with Crippen LogP contribution in [0, 0.1) is 5.92 Å². The van der Waals surface area contributed by atoms with Crippen LogP contribution < -0.4 is 15.0 Å². The lowest BCUT2D eigenvalue weighted by atomic mass is 9.99. The van der Waals surface area contributed by atoms with Crippen molar-refractivity contribution in [3.05, 3.63) is 24.3 Å². The Hall–Kier alpha value is -1.22. The number of hydrogen-bond acceptors (Lipinski definition) is 3. The van der Waals surface area contributed by atoms with Crippen molar-refractivity contribution in [1.82, 2.24) is 5.32 Å². The fraction of sp³-hybridized carbons (Fsp3) is 0.647. The zero-order chi connectivity index (χ0) is 14.4. The van der Waals surface area contributed by atoms with E-state index >= 15 is 0 Å². The van der Waals surface area contributed by atoms with Gasteiger partial charge in [0.25, 0.3) is 0 Å². The molecular weight excluding hydrogens is 248 g/mol. The minimum Gasteiger partial charge on any atom is -0.497 e. The predicted octanol–water partition coefficient (Wildman–Crippen LogP) is 3.30. The maximum absolute atomic E-state index is 5.30. The van der Waals surface area contributed by atoms with Gasteiger partial charge in [0.2, 0.25) is 0 Å². The van der Waals surface area contributed by atoms with Crippen molar-refractivity contribution in [2.24, 2.45) is 5.92 Å². The van der Waals surface area contributed by atoms with Crippen LogP contribution in [0.4, 0.5) is 5.69 Å². The van der Waals surface area contributed by atoms with E-state index in [2.05, 4.69) is 42.4 Å². The second-order valence-electron chi connectivity index (χ2n) is 5.77. The molecule has 1 aromatic rings. The molecule has 1 aliphatic rings. The van der Waals surface area contributed by atoms with Crippen molar-refractivity contribution in [1.29, 1.82) is 0 Å². The summed E-state index contributed by atoms with van der Waals surface area (Å²) in [6, 6.07) is 9.05. The average Bonchev–Trinajstić information content (AvgIpc) is 2.92. The molecule has 0 amide bonds. The molecule has 1 fully saturated rings. The van der Waals surface area contributed by atoms with E-state index in [9.17, 15) is 0 Å². The summed E-state index contributed by atoms with van der Waals surface area (Å²) >= 11 is 0. The molecule has 0 spiro atoms. The fourth-order valence-electron chi connectivity index (χ4n) is 3.25. The van der Waals surface area contributed by atoms with Crippen LogP contribution in [0.3, 0.4) is 0 Å². The molecule has 1 aromatic carbocycles. The number of ether oxygens (including phenoxy) is 1. The molecule has 20 heavy (non-hydrogen) atoms. The van der Waals surface area contributed by atoms with Gasteiger partial charge in [0.05, 0.1) is 7.11 Å². The van der Waals surface area contributed by atoms with Gasteiger partial charge in [0.15, 0.2) is 0 Å². The Kier molecular flexibility index (Phi) is 5.72.